The molecule has 20 heavy (non-hydrogen) atoms. The highest BCUT2D eigenvalue weighted by molar-refractivity contribution is 6.30. The standard InChI is InChI=1S/C16H17ClN2O/c1-12(14-8-5-9-15(17)10-14)19-16(20)18-11-13-6-3-2-4-7-13/h2-10,12H,11H2,1H3,(H2,18,19,20). The molecule has 1 atom stereocenters. The van der Waals surface area contributed by atoms with Crippen LogP contribution in [0.15, 0.2) is 54.6 Å². The first kappa shape index (κ1) is 14.4. The number of nitrogens with one attached hydrogen (secondary N) is 2. The summed E-state index contributed by atoms with van der Waals surface area (Å²) in [4.78, 5) is 11.8. The number of amides is 2. The molecule has 0 aromatic heterocycles. The quantitative estimate of drug-likeness (QED) is 0.880. The van der Waals surface area contributed by atoms with Crippen molar-refractivity contribution in [3.63, 3.8) is 0 Å². The van der Waals surface area contributed by atoms with Gasteiger partial charge in [0.15, 0.2) is 0 Å². The maximum atomic E-state index is 11.8. The van der Waals surface area contributed by atoms with Crippen molar-refractivity contribution in [1.82, 2.24) is 10.6 Å². The second-order valence-electron chi connectivity index (χ2n) is 4.59. The summed E-state index contributed by atoms with van der Waals surface area (Å²) in [5, 5.41) is 6.38. The Kier molecular flexibility index (Phi) is 5.02. The van der Waals surface area contributed by atoms with Crippen LogP contribution in [-0.2, 0) is 6.54 Å². The zero-order valence-corrected chi connectivity index (χ0v) is 12.0. The van der Waals surface area contributed by atoms with Gasteiger partial charge in [-0.1, -0.05) is 54.1 Å². The second-order valence-corrected chi connectivity index (χ2v) is 5.03. The number of hydrogen-bond acceptors (Lipinski definition) is 1. The van der Waals surface area contributed by atoms with Gasteiger partial charge in [-0.3, -0.25) is 0 Å². The third-order valence-electron chi connectivity index (χ3n) is 2.99. The first-order chi connectivity index (χ1) is 9.65. The molecule has 0 fully saturated rings. The van der Waals surface area contributed by atoms with Crippen molar-refractivity contribution in [1.29, 1.82) is 0 Å². The lowest BCUT2D eigenvalue weighted by Crippen LogP contribution is -2.36. The molecule has 0 saturated heterocycles. The molecule has 1 unspecified atom stereocenters. The van der Waals surface area contributed by atoms with Crippen molar-refractivity contribution in [2.24, 2.45) is 0 Å². The molecule has 2 N–H and O–H groups in total. The third-order valence-corrected chi connectivity index (χ3v) is 3.23. The molecule has 0 heterocycles. The smallest absolute Gasteiger partial charge is 0.315 e. The zero-order chi connectivity index (χ0) is 14.4. The van der Waals surface area contributed by atoms with Gasteiger partial charge in [-0.15, -0.1) is 0 Å². The molecule has 0 aliphatic heterocycles. The molecule has 4 heteroatoms. The number of benzene rings is 2. The Morgan fingerprint density at radius 3 is 2.60 bits per heavy atom. The van der Waals surface area contributed by atoms with Crippen molar-refractivity contribution in [3.05, 3.63) is 70.7 Å². The minimum absolute atomic E-state index is 0.0931. The molecule has 3 nitrogen and oxygen atoms in total. The van der Waals surface area contributed by atoms with Crippen molar-refractivity contribution >= 4 is 17.6 Å². The molecule has 2 aromatic rings. The van der Waals surface area contributed by atoms with Crippen LogP contribution in [0.4, 0.5) is 4.79 Å². The van der Waals surface area contributed by atoms with Gasteiger partial charge in [0.25, 0.3) is 0 Å². The molecule has 0 spiro atoms. The monoisotopic (exact) mass is 288 g/mol. The Labute approximate surface area is 124 Å². The van der Waals surface area contributed by atoms with E-state index in [9.17, 15) is 4.79 Å². The van der Waals surface area contributed by atoms with Crippen molar-refractivity contribution < 1.29 is 4.79 Å². The maximum Gasteiger partial charge on any atom is 0.315 e. The van der Waals surface area contributed by atoms with Crippen LogP contribution in [0.2, 0.25) is 5.02 Å². The van der Waals surface area contributed by atoms with Crippen LogP contribution in [0.1, 0.15) is 24.1 Å². The lowest BCUT2D eigenvalue weighted by Gasteiger charge is -2.15. The summed E-state index contributed by atoms with van der Waals surface area (Å²) in [6.45, 7) is 2.43. The van der Waals surface area contributed by atoms with Gasteiger partial charge in [0.1, 0.15) is 0 Å². The molecule has 2 rings (SSSR count). The third kappa shape index (κ3) is 4.28. The number of carbonyl (C=O) groups excluding carboxylic acids is 1. The van der Waals surface area contributed by atoms with Gasteiger partial charge < -0.3 is 10.6 Å². The van der Waals surface area contributed by atoms with Gasteiger partial charge in [0.05, 0.1) is 6.04 Å². The Hall–Kier alpha value is -2.00. The van der Waals surface area contributed by atoms with Crippen molar-refractivity contribution in [2.45, 2.75) is 19.5 Å². The first-order valence-corrected chi connectivity index (χ1v) is 6.86. The summed E-state index contributed by atoms with van der Waals surface area (Å²) >= 11 is 5.94. The highest BCUT2D eigenvalue weighted by atomic mass is 35.5. The number of halogens is 1. The fraction of sp³-hybridized carbons (Fsp3) is 0.188. The lowest BCUT2D eigenvalue weighted by atomic mass is 10.1. The van der Waals surface area contributed by atoms with E-state index < -0.39 is 0 Å². The Balaban J connectivity index is 1.85. The second kappa shape index (κ2) is 6.96. The summed E-state index contributed by atoms with van der Waals surface area (Å²) < 4.78 is 0. The average molecular weight is 289 g/mol. The van der Waals surface area contributed by atoms with E-state index in [-0.39, 0.29) is 12.1 Å². The number of rotatable bonds is 4. The lowest BCUT2D eigenvalue weighted by molar-refractivity contribution is 0.237. The van der Waals surface area contributed by atoms with Crippen LogP contribution >= 0.6 is 11.6 Å². The van der Waals surface area contributed by atoms with E-state index in [2.05, 4.69) is 10.6 Å². The van der Waals surface area contributed by atoms with E-state index >= 15 is 0 Å². The minimum Gasteiger partial charge on any atom is -0.334 e. The van der Waals surface area contributed by atoms with Crippen LogP contribution in [0.3, 0.4) is 0 Å². The Bertz CT molecular complexity index is 572. The summed E-state index contributed by atoms with van der Waals surface area (Å²) in [6.07, 6.45) is 0. The van der Waals surface area contributed by atoms with E-state index in [4.69, 9.17) is 11.6 Å². The molecule has 0 saturated carbocycles. The van der Waals surface area contributed by atoms with E-state index in [0.717, 1.165) is 11.1 Å². The molecule has 0 aliphatic rings. The number of urea groups is 1. The van der Waals surface area contributed by atoms with Gasteiger partial charge in [-0.25, -0.2) is 4.79 Å². The molecule has 0 radical (unpaired) electrons. The van der Waals surface area contributed by atoms with Gasteiger partial charge in [0.2, 0.25) is 0 Å². The average Bonchev–Trinajstić information content (AvgIpc) is 2.46. The van der Waals surface area contributed by atoms with Crippen molar-refractivity contribution in [3.8, 4) is 0 Å². The van der Waals surface area contributed by atoms with Crippen molar-refractivity contribution in [2.75, 3.05) is 0 Å². The topological polar surface area (TPSA) is 41.1 Å². The van der Waals surface area contributed by atoms with E-state index in [1.807, 2.05) is 61.5 Å². The molecule has 104 valence electrons. The van der Waals surface area contributed by atoms with Gasteiger partial charge >= 0.3 is 6.03 Å². The summed E-state index contributed by atoms with van der Waals surface area (Å²) in [5.74, 6) is 0. The van der Waals surface area contributed by atoms with Crippen LogP contribution in [0.25, 0.3) is 0 Å². The minimum atomic E-state index is -0.193. The molecule has 2 aromatic carbocycles. The predicted molar refractivity (Wildman–Crippen MR) is 81.7 cm³/mol. The van der Waals surface area contributed by atoms with Crippen LogP contribution in [-0.4, -0.2) is 6.03 Å². The van der Waals surface area contributed by atoms with Crippen LogP contribution < -0.4 is 10.6 Å². The Morgan fingerprint density at radius 2 is 1.90 bits per heavy atom. The maximum absolute atomic E-state index is 11.8. The van der Waals surface area contributed by atoms with E-state index in [1.165, 1.54) is 0 Å². The highest BCUT2D eigenvalue weighted by Crippen LogP contribution is 2.17. The fourth-order valence-corrected chi connectivity index (χ4v) is 2.08. The number of carbonyl (C=O) groups is 1. The molecular formula is C16H17ClN2O. The van der Waals surface area contributed by atoms with Gasteiger partial charge in [-0.2, -0.15) is 0 Å². The summed E-state index contributed by atoms with van der Waals surface area (Å²) in [6, 6.07) is 17.0. The predicted octanol–water partition coefficient (Wildman–Crippen LogP) is 3.90. The zero-order valence-electron chi connectivity index (χ0n) is 11.3. The molecular weight excluding hydrogens is 272 g/mol. The summed E-state index contributed by atoms with van der Waals surface area (Å²) in [5.41, 5.74) is 2.05. The molecule has 0 bridgehead atoms. The van der Waals surface area contributed by atoms with Crippen LogP contribution in [0.5, 0.6) is 0 Å². The van der Waals surface area contributed by atoms with Gasteiger partial charge in [-0.05, 0) is 30.2 Å². The van der Waals surface area contributed by atoms with Gasteiger partial charge in [0, 0.05) is 11.6 Å². The summed E-state index contributed by atoms with van der Waals surface area (Å²) in [7, 11) is 0. The van der Waals surface area contributed by atoms with Crippen LogP contribution in [0, 0.1) is 0 Å². The largest absolute Gasteiger partial charge is 0.334 e. The van der Waals surface area contributed by atoms with E-state index in [0.29, 0.717) is 11.6 Å². The molecule has 0 aliphatic carbocycles. The number of hydrogen-bond donors (Lipinski definition) is 2. The normalized spacial score (nSPS) is 11.7. The molecule has 2 amide bonds. The van der Waals surface area contributed by atoms with E-state index in [1.54, 1.807) is 0 Å². The fourth-order valence-electron chi connectivity index (χ4n) is 1.89. The highest BCUT2D eigenvalue weighted by Gasteiger charge is 2.09. The first-order valence-electron chi connectivity index (χ1n) is 6.49. The Morgan fingerprint density at radius 1 is 1.15 bits per heavy atom. The SMILES string of the molecule is CC(NC(=O)NCc1ccccc1)c1cccc(Cl)c1.